The minimum absolute atomic E-state index is 0.0949. The van der Waals surface area contributed by atoms with Crippen molar-refractivity contribution in [2.45, 2.75) is 0 Å². The van der Waals surface area contributed by atoms with Crippen molar-refractivity contribution < 1.29 is 21.9 Å². The van der Waals surface area contributed by atoms with Crippen molar-refractivity contribution in [2.24, 2.45) is 0 Å². The highest BCUT2D eigenvalue weighted by atomic mass is 32.1. The van der Waals surface area contributed by atoms with Crippen LogP contribution in [0.4, 0.5) is 0 Å². The van der Waals surface area contributed by atoms with E-state index in [0.717, 1.165) is 23.9 Å². The first kappa shape index (κ1) is 13.8. The molecule has 0 spiro atoms. The van der Waals surface area contributed by atoms with E-state index in [2.05, 4.69) is 0 Å². The first-order valence-electron chi connectivity index (χ1n) is 21.7. The first-order valence-corrected chi connectivity index (χ1v) is 14.5. The lowest BCUT2D eigenvalue weighted by molar-refractivity contribution is 0.893. The number of hydrogen-bond acceptors (Lipinski definition) is 4. The number of benzene rings is 6. The summed E-state index contributed by atoms with van der Waals surface area (Å²) in [6.45, 7) is 0. The first-order chi connectivity index (χ1) is 29.0. The summed E-state index contributed by atoms with van der Waals surface area (Å²) in [6.07, 6.45) is 0. The summed E-state index contributed by atoms with van der Waals surface area (Å²) in [6, 6.07) is 2.68. The molecule has 0 atom stereocenters. The maximum Gasteiger partial charge on any atom is 0.240 e. The molecular weight excluding hydrogens is 571 g/mol. The summed E-state index contributed by atoms with van der Waals surface area (Å²) < 4.78 is 145. The van der Waals surface area contributed by atoms with Crippen LogP contribution in [-0.2, 0) is 0 Å². The fraction of sp³-hybridized carbons (Fsp3) is 0. The van der Waals surface area contributed by atoms with Gasteiger partial charge in [-0.05, 0) is 36.3 Å². The van der Waals surface area contributed by atoms with Crippen LogP contribution < -0.4 is 0 Å². The molecule has 0 bridgehead atoms. The number of aromatic nitrogens is 5. The van der Waals surface area contributed by atoms with Crippen LogP contribution in [0.25, 0.3) is 87.1 Å². The van der Waals surface area contributed by atoms with E-state index in [-0.39, 0.29) is 49.4 Å². The second kappa shape index (κ2) is 9.32. The van der Waals surface area contributed by atoms with Crippen molar-refractivity contribution in [1.82, 2.24) is 24.1 Å². The normalized spacial score (nSPS) is 17.0. The Bertz CT molecular complexity index is 3350. The molecule has 0 aliphatic rings. The average Bonchev–Trinajstić information content (AvgIpc) is 3.95. The summed E-state index contributed by atoms with van der Waals surface area (Å²) in [5.41, 5.74) is -0.806. The maximum atomic E-state index is 9.12. The molecule has 0 saturated carbocycles. The van der Waals surface area contributed by atoms with Gasteiger partial charge in [-0.2, -0.15) is 15.0 Å². The highest BCUT2D eigenvalue weighted by Crippen LogP contribution is 2.40. The summed E-state index contributed by atoms with van der Waals surface area (Å²) in [4.78, 5) is 14.5. The van der Waals surface area contributed by atoms with Gasteiger partial charge in [0.1, 0.15) is 0 Å². The van der Waals surface area contributed by atoms with Crippen molar-refractivity contribution in [1.29, 1.82) is 0 Å². The maximum absolute atomic E-state index is 9.12. The molecule has 4 heterocycles. The number of para-hydroxylation sites is 4. The smallest absolute Gasteiger partial charge is 0.240 e. The van der Waals surface area contributed by atoms with Crippen molar-refractivity contribution in [2.75, 3.05) is 0 Å². The van der Waals surface area contributed by atoms with E-state index in [0.29, 0.717) is 10.9 Å². The molecule has 6 aromatic carbocycles. The minimum Gasteiger partial charge on any atom is -0.278 e. The Kier molecular flexibility index (Phi) is 2.87. The van der Waals surface area contributed by atoms with Crippen molar-refractivity contribution in [3.05, 3.63) is 139 Å². The highest BCUT2D eigenvalue weighted by molar-refractivity contribution is 7.25. The van der Waals surface area contributed by atoms with Crippen LogP contribution in [0.1, 0.15) is 21.9 Å². The Labute approximate surface area is 283 Å². The van der Waals surface area contributed by atoms with Crippen LogP contribution in [0.5, 0.6) is 0 Å². The fourth-order valence-electron chi connectivity index (χ4n) is 5.88. The Morgan fingerprint density at radius 3 is 1.47 bits per heavy atom. The van der Waals surface area contributed by atoms with E-state index in [1.54, 1.807) is 12.1 Å². The van der Waals surface area contributed by atoms with E-state index in [1.807, 2.05) is 30.3 Å². The van der Waals surface area contributed by atoms with E-state index in [1.165, 1.54) is 11.3 Å². The van der Waals surface area contributed by atoms with Gasteiger partial charge in [0.15, 0.2) is 5.82 Å². The molecule has 4 aromatic heterocycles. The molecule has 0 aliphatic carbocycles. The number of nitrogens with zero attached hydrogens (tertiary/aromatic N) is 5. The van der Waals surface area contributed by atoms with Gasteiger partial charge in [-0.3, -0.25) is 9.13 Å². The van der Waals surface area contributed by atoms with Crippen LogP contribution in [0.2, 0.25) is 0 Å². The predicted octanol–water partition coefficient (Wildman–Crippen LogP) is 10.1. The average molecular weight is 610 g/mol. The molecule has 0 unspecified atom stereocenters. The van der Waals surface area contributed by atoms with E-state index in [9.17, 15) is 0 Å². The molecular formula is C39H23N5S. The van der Waals surface area contributed by atoms with Crippen LogP contribution in [0.15, 0.2) is 139 Å². The Balaban J connectivity index is 1.48. The van der Waals surface area contributed by atoms with Gasteiger partial charge in [-0.15, -0.1) is 11.3 Å². The van der Waals surface area contributed by atoms with Gasteiger partial charge in [0.05, 0.1) is 44.0 Å². The lowest BCUT2D eigenvalue weighted by atomic mass is 10.1. The zero-order chi connectivity index (χ0) is 43.4. The van der Waals surface area contributed by atoms with Gasteiger partial charge < -0.3 is 0 Å². The number of fused-ring (bicyclic) bond motifs is 9. The molecule has 5 nitrogen and oxygen atoms in total. The molecule has 0 fully saturated rings. The van der Waals surface area contributed by atoms with Crippen LogP contribution in [-0.4, -0.2) is 24.1 Å². The van der Waals surface area contributed by atoms with Crippen LogP contribution >= 0.6 is 11.3 Å². The van der Waals surface area contributed by atoms with E-state index >= 15 is 0 Å². The van der Waals surface area contributed by atoms with Gasteiger partial charge >= 0.3 is 0 Å². The van der Waals surface area contributed by atoms with Gasteiger partial charge in [0, 0.05) is 47.3 Å². The topological polar surface area (TPSA) is 48.5 Å². The number of hydrogen-bond donors (Lipinski definition) is 0. The van der Waals surface area contributed by atoms with Crippen molar-refractivity contribution in [3.63, 3.8) is 0 Å². The number of rotatable bonds is 3. The molecule has 0 saturated heterocycles. The summed E-state index contributed by atoms with van der Waals surface area (Å²) in [5, 5.41) is 0.528. The molecule has 0 N–H and O–H groups in total. The third kappa shape index (κ3) is 3.51. The molecule has 0 aliphatic heterocycles. The highest BCUT2D eigenvalue weighted by Gasteiger charge is 2.21. The van der Waals surface area contributed by atoms with Crippen molar-refractivity contribution >= 4 is 75.1 Å². The summed E-state index contributed by atoms with van der Waals surface area (Å²) in [5.74, 6) is -0.978. The second-order valence-corrected chi connectivity index (χ2v) is 11.2. The fourth-order valence-corrected chi connectivity index (χ4v) is 7.01. The standard InChI is InChI=1S/C39H23N5S/c1-6-18-30-24(12-1)25-13-2-7-19-31(25)43(30)38-40-37(29-17-11-23-35-36(29)28-16-5-10-22-34(28)45-35)41-39(42-38)44-32-20-8-3-14-26(32)27-15-4-9-21-33(27)44/h1-23H/i1D,2D,3D,4D,6D,7D,8D,9D,12D,13D,14D,15D,18D,19D,20D,21D. The second-order valence-electron chi connectivity index (χ2n) is 10.1. The SMILES string of the molecule is [2H]c1c([2H])c([2H])c2c(c1[2H])c1c([2H])c([2H])c([2H])c([2H])c1n2-c1nc(-c2cccc3sc4ccccc4c23)nc(-n2c3c([2H])c([2H])c([2H])c([2H])c3c3c([2H])c([2H])c([2H])c([2H])c32)n1. The largest absolute Gasteiger partial charge is 0.278 e. The van der Waals surface area contributed by atoms with E-state index in [4.69, 9.17) is 36.9 Å². The molecule has 10 aromatic rings. The quantitative estimate of drug-likeness (QED) is 0.200. The van der Waals surface area contributed by atoms with Crippen LogP contribution in [0, 0.1) is 0 Å². The lowest BCUT2D eigenvalue weighted by Gasteiger charge is -2.13. The van der Waals surface area contributed by atoms with Crippen LogP contribution in [0.3, 0.4) is 0 Å². The molecule has 0 amide bonds. The molecule has 0 radical (unpaired) electrons. The molecule has 210 valence electrons. The molecule has 10 rings (SSSR count). The minimum atomic E-state index is -0.685. The third-order valence-corrected chi connectivity index (χ3v) is 8.86. The van der Waals surface area contributed by atoms with Gasteiger partial charge in [0.2, 0.25) is 11.9 Å². The number of thiophene rings is 1. The third-order valence-electron chi connectivity index (χ3n) is 7.72. The Morgan fingerprint density at radius 1 is 0.467 bits per heavy atom. The monoisotopic (exact) mass is 609 g/mol. The van der Waals surface area contributed by atoms with Crippen molar-refractivity contribution in [3.8, 4) is 23.3 Å². The zero-order valence-corrected chi connectivity index (χ0v) is 23.5. The van der Waals surface area contributed by atoms with Gasteiger partial charge in [-0.1, -0.05) is 103 Å². The van der Waals surface area contributed by atoms with Gasteiger partial charge in [0.25, 0.3) is 0 Å². The van der Waals surface area contributed by atoms with Gasteiger partial charge in [-0.25, -0.2) is 0 Å². The lowest BCUT2D eigenvalue weighted by Crippen LogP contribution is -2.10. The molecule has 6 heteroatoms. The summed E-state index contributed by atoms with van der Waals surface area (Å²) in [7, 11) is 0. The molecule has 45 heavy (non-hydrogen) atoms. The summed E-state index contributed by atoms with van der Waals surface area (Å²) >= 11 is 1.49. The zero-order valence-electron chi connectivity index (χ0n) is 38.7. The Morgan fingerprint density at radius 2 is 0.933 bits per heavy atom. The van der Waals surface area contributed by atoms with E-state index < -0.39 is 109 Å². The Hall–Kier alpha value is -5.85. The predicted molar refractivity (Wildman–Crippen MR) is 187 cm³/mol.